The van der Waals surface area contributed by atoms with Crippen LogP contribution in [0.5, 0.6) is 0 Å². The summed E-state index contributed by atoms with van der Waals surface area (Å²) in [5.41, 5.74) is 9.57. The normalized spacial score (nSPS) is 11.1. The fraction of sp³-hybridized carbons (Fsp3) is 0.231. The summed E-state index contributed by atoms with van der Waals surface area (Å²) in [7, 11) is 0. The average molecular weight is 458 g/mol. The second-order valence-electron chi connectivity index (χ2n) is 8.54. The Bertz CT molecular complexity index is 1320. The molecule has 2 aromatic heterocycles. The van der Waals surface area contributed by atoms with Crippen LogP contribution in [-0.2, 0) is 0 Å². The molecule has 0 radical (unpaired) electrons. The molecule has 0 aliphatic rings. The van der Waals surface area contributed by atoms with Gasteiger partial charge in [-0.1, -0.05) is 55.4 Å². The highest BCUT2D eigenvalue weighted by atomic mass is 16.5. The molecule has 0 saturated heterocycles. The van der Waals surface area contributed by atoms with E-state index >= 15 is 0 Å². The van der Waals surface area contributed by atoms with Gasteiger partial charge >= 0.3 is 0 Å². The first-order chi connectivity index (χ1) is 16.3. The number of benzene rings is 2. The highest BCUT2D eigenvalue weighted by Gasteiger charge is 2.33. The molecule has 174 valence electrons. The van der Waals surface area contributed by atoms with Crippen LogP contribution >= 0.6 is 0 Å². The molecule has 2 amide bonds. The van der Waals surface area contributed by atoms with Crippen LogP contribution in [0.15, 0.2) is 65.2 Å². The Kier molecular flexibility index (Phi) is 6.32. The summed E-state index contributed by atoms with van der Waals surface area (Å²) in [5.74, 6) is -0.886. The summed E-state index contributed by atoms with van der Waals surface area (Å²) in [4.78, 5) is 27.5. The van der Waals surface area contributed by atoms with E-state index in [1.807, 2.05) is 64.1 Å². The van der Waals surface area contributed by atoms with Gasteiger partial charge in [-0.2, -0.15) is 5.10 Å². The molecule has 34 heavy (non-hydrogen) atoms. The number of primary amides is 1. The van der Waals surface area contributed by atoms with Gasteiger partial charge in [-0.05, 0) is 44.0 Å². The lowest BCUT2D eigenvalue weighted by Crippen LogP contribution is -2.35. The Hall–Kier alpha value is -4.20. The van der Waals surface area contributed by atoms with Crippen LogP contribution in [0, 0.1) is 19.8 Å². The molecular formula is C26H27N5O3. The molecule has 2 N–H and O–H groups in total. The molecule has 0 spiro atoms. The lowest BCUT2D eigenvalue weighted by molar-refractivity contribution is 0.0977. The van der Waals surface area contributed by atoms with Gasteiger partial charge in [0.1, 0.15) is 11.3 Å². The summed E-state index contributed by atoms with van der Waals surface area (Å²) in [6, 6.07) is 18.5. The first-order valence-electron chi connectivity index (χ1n) is 11.1. The SMILES string of the molecule is Cc1nn(-c2ccccc2)c(C)c1-c1noc(N(CC(C)C)C(=O)c2ccccc2)c1C(N)=O. The van der Waals surface area contributed by atoms with E-state index in [1.54, 1.807) is 28.9 Å². The number of carbonyl (C=O) groups is 2. The van der Waals surface area contributed by atoms with Crippen molar-refractivity contribution in [2.75, 3.05) is 11.4 Å². The van der Waals surface area contributed by atoms with E-state index in [0.717, 1.165) is 11.4 Å². The van der Waals surface area contributed by atoms with Gasteiger partial charge in [-0.25, -0.2) is 4.68 Å². The van der Waals surface area contributed by atoms with Gasteiger partial charge in [0.2, 0.25) is 5.88 Å². The predicted molar refractivity (Wildman–Crippen MR) is 130 cm³/mol. The third-order valence-electron chi connectivity index (χ3n) is 5.51. The zero-order valence-electron chi connectivity index (χ0n) is 19.6. The molecule has 4 aromatic rings. The van der Waals surface area contributed by atoms with E-state index in [0.29, 0.717) is 23.4 Å². The zero-order chi connectivity index (χ0) is 24.4. The smallest absolute Gasteiger partial charge is 0.260 e. The maximum absolute atomic E-state index is 13.4. The number of nitrogens with two attached hydrogens (primary N) is 1. The predicted octanol–water partition coefficient (Wildman–Crippen LogP) is 4.55. The minimum atomic E-state index is -0.730. The molecule has 0 saturated carbocycles. The number of hydrogen-bond acceptors (Lipinski definition) is 5. The summed E-state index contributed by atoms with van der Waals surface area (Å²) in [5, 5.41) is 8.86. The van der Waals surface area contributed by atoms with E-state index in [4.69, 9.17) is 10.3 Å². The zero-order valence-corrected chi connectivity index (χ0v) is 19.6. The Morgan fingerprint density at radius 3 is 2.24 bits per heavy atom. The number of rotatable bonds is 7. The van der Waals surface area contributed by atoms with Crippen molar-refractivity contribution in [1.82, 2.24) is 14.9 Å². The lowest BCUT2D eigenvalue weighted by Gasteiger charge is -2.22. The van der Waals surface area contributed by atoms with Crippen LogP contribution in [0.1, 0.15) is 46.0 Å². The number of carbonyl (C=O) groups excluding carboxylic acids is 2. The maximum atomic E-state index is 13.4. The van der Waals surface area contributed by atoms with E-state index < -0.39 is 5.91 Å². The van der Waals surface area contributed by atoms with Crippen molar-refractivity contribution in [2.24, 2.45) is 11.7 Å². The summed E-state index contributed by atoms with van der Waals surface area (Å²) in [6.45, 7) is 8.00. The fourth-order valence-electron chi connectivity index (χ4n) is 4.02. The van der Waals surface area contributed by atoms with E-state index in [2.05, 4.69) is 10.3 Å². The third kappa shape index (κ3) is 4.22. The molecule has 0 atom stereocenters. The first-order valence-corrected chi connectivity index (χ1v) is 11.1. The Morgan fingerprint density at radius 2 is 1.65 bits per heavy atom. The van der Waals surface area contributed by atoms with Crippen molar-refractivity contribution in [1.29, 1.82) is 0 Å². The van der Waals surface area contributed by atoms with Gasteiger partial charge in [-0.3, -0.25) is 14.5 Å². The topological polar surface area (TPSA) is 107 Å². The van der Waals surface area contributed by atoms with Crippen molar-refractivity contribution in [3.8, 4) is 16.9 Å². The summed E-state index contributed by atoms with van der Waals surface area (Å²) >= 11 is 0. The second kappa shape index (κ2) is 9.35. The van der Waals surface area contributed by atoms with Crippen LogP contribution < -0.4 is 10.6 Å². The molecule has 8 heteroatoms. The number of para-hydroxylation sites is 1. The van der Waals surface area contributed by atoms with Crippen LogP contribution in [0.4, 0.5) is 5.88 Å². The Morgan fingerprint density at radius 1 is 1.03 bits per heavy atom. The largest absolute Gasteiger partial charge is 0.365 e. The maximum Gasteiger partial charge on any atom is 0.260 e. The quantitative estimate of drug-likeness (QED) is 0.438. The Labute approximate surface area is 198 Å². The van der Waals surface area contributed by atoms with Crippen molar-refractivity contribution in [2.45, 2.75) is 27.7 Å². The molecule has 2 aromatic carbocycles. The highest BCUT2D eigenvalue weighted by Crippen LogP contribution is 2.36. The molecule has 0 fully saturated rings. The molecule has 0 aliphatic carbocycles. The van der Waals surface area contributed by atoms with Crippen LogP contribution in [-0.4, -0.2) is 33.3 Å². The second-order valence-corrected chi connectivity index (χ2v) is 8.54. The molecule has 2 heterocycles. The highest BCUT2D eigenvalue weighted by molar-refractivity contribution is 6.11. The molecule has 0 aliphatic heterocycles. The number of hydrogen-bond donors (Lipinski definition) is 1. The molecule has 0 bridgehead atoms. The minimum absolute atomic E-state index is 0.0383. The van der Waals surface area contributed by atoms with Crippen LogP contribution in [0.25, 0.3) is 16.9 Å². The molecule has 8 nitrogen and oxygen atoms in total. The molecule has 0 unspecified atom stereocenters. The van der Waals surface area contributed by atoms with Crippen molar-refractivity contribution in [3.63, 3.8) is 0 Å². The van der Waals surface area contributed by atoms with Gasteiger partial charge in [0.15, 0.2) is 0 Å². The standard InChI is InChI=1S/C26H27N5O3/c1-16(2)15-30(25(33)19-11-7-5-8-12-19)26-22(24(27)32)23(29-34-26)21-17(3)28-31(18(21)4)20-13-9-6-10-14-20/h5-14,16H,15H2,1-4H3,(H2,27,32). The lowest BCUT2D eigenvalue weighted by atomic mass is 10.0. The Balaban J connectivity index is 1.86. The number of nitrogens with zero attached hydrogens (tertiary/aromatic N) is 4. The fourth-order valence-corrected chi connectivity index (χ4v) is 4.02. The minimum Gasteiger partial charge on any atom is -0.365 e. The average Bonchev–Trinajstić information content (AvgIpc) is 3.38. The van der Waals surface area contributed by atoms with Crippen molar-refractivity contribution in [3.05, 3.63) is 83.2 Å². The number of amides is 2. The first kappa shape index (κ1) is 23.0. The van der Waals surface area contributed by atoms with Gasteiger partial charge < -0.3 is 10.3 Å². The number of aromatic nitrogens is 3. The summed E-state index contributed by atoms with van der Waals surface area (Å²) in [6.07, 6.45) is 0. The third-order valence-corrected chi connectivity index (χ3v) is 5.51. The van der Waals surface area contributed by atoms with Crippen LogP contribution in [0.3, 0.4) is 0 Å². The number of anilines is 1. The van der Waals surface area contributed by atoms with Crippen molar-refractivity contribution < 1.29 is 14.1 Å². The monoisotopic (exact) mass is 457 g/mol. The summed E-state index contributed by atoms with van der Waals surface area (Å²) < 4.78 is 7.44. The van der Waals surface area contributed by atoms with E-state index in [-0.39, 0.29) is 29.0 Å². The van der Waals surface area contributed by atoms with E-state index in [1.165, 1.54) is 4.90 Å². The molecule has 4 rings (SSSR count). The molecular weight excluding hydrogens is 430 g/mol. The van der Waals surface area contributed by atoms with Gasteiger partial charge in [0.05, 0.1) is 17.1 Å². The van der Waals surface area contributed by atoms with Gasteiger partial charge in [0.25, 0.3) is 11.8 Å². The number of aryl methyl sites for hydroxylation is 1. The van der Waals surface area contributed by atoms with Crippen LogP contribution in [0.2, 0.25) is 0 Å². The van der Waals surface area contributed by atoms with Crippen molar-refractivity contribution >= 4 is 17.7 Å². The van der Waals surface area contributed by atoms with Gasteiger partial charge in [-0.15, -0.1) is 0 Å². The van der Waals surface area contributed by atoms with E-state index in [9.17, 15) is 9.59 Å². The van der Waals surface area contributed by atoms with Gasteiger partial charge in [0, 0.05) is 17.7 Å².